The number of aromatic nitrogens is 2. The van der Waals surface area contributed by atoms with Gasteiger partial charge in [-0.15, -0.1) is 0 Å². The Morgan fingerprint density at radius 3 is 2.72 bits per heavy atom. The molecule has 4 rings (SSSR count). The molecule has 0 aliphatic heterocycles. The van der Waals surface area contributed by atoms with Gasteiger partial charge in [-0.1, -0.05) is 53.2 Å². The summed E-state index contributed by atoms with van der Waals surface area (Å²) in [6.45, 7) is 2.09. The molecule has 1 N–H and O–H groups in total. The van der Waals surface area contributed by atoms with Crippen molar-refractivity contribution in [2.45, 2.75) is 13.5 Å². The number of aryl methyl sites for hydroxylation is 1. The van der Waals surface area contributed by atoms with Crippen LogP contribution in [-0.2, 0) is 11.3 Å². The third kappa shape index (κ3) is 3.17. The molecule has 4 aromatic rings. The molecule has 0 spiro atoms. The Balaban J connectivity index is 1.44. The van der Waals surface area contributed by atoms with Gasteiger partial charge in [-0.2, -0.15) is 0 Å². The summed E-state index contributed by atoms with van der Waals surface area (Å²) in [4.78, 5) is 15.2. The molecule has 0 amide bonds. The highest BCUT2D eigenvalue weighted by molar-refractivity contribution is 5.94. The Hall–Kier alpha value is -3.34. The van der Waals surface area contributed by atoms with Gasteiger partial charge in [-0.05, 0) is 19.1 Å². The summed E-state index contributed by atoms with van der Waals surface area (Å²) < 4.78 is 10.6. The van der Waals surface area contributed by atoms with Gasteiger partial charge in [-0.25, -0.2) is 4.79 Å². The number of para-hydroxylation sites is 1. The highest BCUT2D eigenvalue weighted by atomic mass is 16.5. The second-order valence-corrected chi connectivity index (χ2v) is 5.89. The van der Waals surface area contributed by atoms with Gasteiger partial charge in [-0.3, -0.25) is 0 Å². The SMILES string of the molecule is Cc1ccc(-c2cc(COC(=O)c3cc4ccccc4[nH]3)no2)cc1. The Labute approximate surface area is 144 Å². The number of esters is 1. The van der Waals surface area contributed by atoms with Gasteiger partial charge in [0.1, 0.15) is 18.0 Å². The minimum Gasteiger partial charge on any atom is -0.454 e. The van der Waals surface area contributed by atoms with Crippen LogP contribution in [0.15, 0.2) is 65.2 Å². The Bertz CT molecular complexity index is 995. The molecule has 0 atom stereocenters. The number of nitrogens with one attached hydrogen (secondary N) is 1. The summed E-state index contributed by atoms with van der Waals surface area (Å²) in [6.07, 6.45) is 0. The Morgan fingerprint density at radius 2 is 1.92 bits per heavy atom. The summed E-state index contributed by atoms with van der Waals surface area (Å²) in [5.41, 5.74) is 4.00. The first-order valence-electron chi connectivity index (χ1n) is 7.96. The molecule has 0 fully saturated rings. The number of hydrogen-bond acceptors (Lipinski definition) is 4. The predicted octanol–water partition coefficient (Wildman–Crippen LogP) is 4.49. The van der Waals surface area contributed by atoms with Gasteiger partial charge in [0.2, 0.25) is 0 Å². The van der Waals surface area contributed by atoms with Crippen molar-refractivity contribution in [1.82, 2.24) is 10.1 Å². The monoisotopic (exact) mass is 332 g/mol. The van der Waals surface area contributed by atoms with Gasteiger partial charge in [0, 0.05) is 22.5 Å². The average molecular weight is 332 g/mol. The highest BCUT2D eigenvalue weighted by Crippen LogP contribution is 2.21. The molecule has 0 aliphatic rings. The van der Waals surface area contributed by atoms with E-state index in [1.165, 1.54) is 5.56 Å². The molecule has 0 saturated heterocycles. The van der Waals surface area contributed by atoms with Crippen LogP contribution in [0.1, 0.15) is 21.7 Å². The van der Waals surface area contributed by atoms with Crippen molar-refractivity contribution in [1.29, 1.82) is 0 Å². The van der Waals surface area contributed by atoms with Crippen molar-refractivity contribution in [3.8, 4) is 11.3 Å². The topological polar surface area (TPSA) is 68.1 Å². The van der Waals surface area contributed by atoms with E-state index in [-0.39, 0.29) is 6.61 Å². The Kier molecular flexibility index (Phi) is 3.82. The molecule has 0 bridgehead atoms. The molecule has 5 heteroatoms. The fourth-order valence-corrected chi connectivity index (χ4v) is 2.63. The van der Waals surface area contributed by atoms with E-state index in [0.717, 1.165) is 16.5 Å². The van der Waals surface area contributed by atoms with Gasteiger partial charge >= 0.3 is 5.97 Å². The number of H-pyrrole nitrogens is 1. The molecule has 0 saturated carbocycles. The first-order chi connectivity index (χ1) is 12.2. The predicted molar refractivity (Wildman–Crippen MR) is 94.1 cm³/mol. The van der Waals surface area contributed by atoms with E-state index >= 15 is 0 Å². The van der Waals surface area contributed by atoms with Crippen LogP contribution in [-0.4, -0.2) is 16.1 Å². The lowest BCUT2D eigenvalue weighted by atomic mass is 10.1. The van der Waals surface area contributed by atoms with Crippen LogP contribution in [0.25, 0.3) is 22.2 Å². The maximum Gasteiger partial charge on any atom is 0.355 e. The zero-order valence-corrected chi connectivity index (χ0v) is 13.7. The molecule has 5 nitrogen and oxygen atoms in total. The molecule has 2 heterocycles. The summed E-state index contributed by atoms with van der Waals surface area (Å²) in [7, 11) is 0. The van der Waals surface area contributed by atoms with Gasteiger partial charge in [0.05, 0.1) is 0 Å². The minimum absolute atomic E-state index is 0.0591. The normalized spacial score (nSPS) is 10.9. The van der Waals surface area contributed by atoms with E-state index in [1.807, 2.05) is 55.5 Å². The molecule has 25 heavy (non-hydrogen) atoms. The maximum absolute atomic E-state index is 12.2. The van der Waals surface area contributed by atoms with E-state index in [1.54, 1.807) is 12.1 Å². The molecule has 0 unspecified atom stereocenters. The molecule has 2 aromatic carbocycles. The van der Waals surface area contributed by atoms with Crippen molar-refractivity contribution in [3.05, 3.63) is 77.6 Å². The van der Waals surface area contributed by atoms with Crippen molar-refractivity contribution in [3.63, 3.8) is 0 Å². The lowest BCUT2D eigenvalue weighted by Gasteiger charge is -1.99. The fraction of sp³-hybridized carbons (Fsp3) is 0.100. The van der Waals surface area contributed by atoms with E-state index in [9.17, 15) is 4.79 Å². The number of carbonyl (C=O) groups is 1. The van der Waals surface area contributed by atoms with E-state index in [2.05, 4.69) is 10.1 Å². The zero-order chi connectivity index (χ0) is 17.2. The highest BCUT2D eigenvalue weighted by Gasteiger charge is 2.13. The third-order valence-electron chi connectivity index (χ3n) is 4.00. The number of rotatable bonds is 4. The molecule has 124 valence electrons. The van der Waals surface area contributed by atoms with Gasteiger partial charge in [0.25, 0.3) is 0 Å². The van der Waals surface area contributed by atoms with Crippen LogP contribution in [0.4, 0.5) is 0 Å². The zero-order valence-electron chi connectivity index (χ0n) is 13.7. The van der Waals surface area contributed by atoms with Crippen molar-refractivity contribution >= 4 is 16.9 Å². The lowest BCUT2D eigenvalue weighted by molar-refractivity contribution is 0.0458. The first-order valence-corrected chi connectivity index (χ1v) is 7.96. The van der Waals surface area contributed by atoms with Crippen LogP contribution < -0.4 is 0 Å². The summed E-state index contributed by atoms with van der Waals surface area (Å²) >= 11 is 0. The molecule has 2 aromatic heterocycles. The minimum atomic E-state index is -0.420. The van der Waals surface area contributed by atoms with Gasteiger partial charge < -0.3 is 14.2 Å². The van der Waals surface area contributed by atoms with Crippen LogP contribution in [0.3, 0.4) is 0 Å². The number of benzene rings is 2. The molecular formula is C20H16N2O3. The lowest BCUT2D eigenvalue weighted by Crippen LogP contribution is -2.05. The number of fused-ring (bicyclic) bond motifs is 1. The summed E-state index contributed by atoms with van der Waals surface area (Å²) in [5, 5.41) is 4.93. The molecule has 0 radical (unpaired) electrons. The van der Waals surface area contributed by atoms with Crippen LogP contribution >= 0.6 is 0 Å². The number of aromatic amines is 1. The van der Waals surface area contributed by atoms with Crippen LogP contribution in [0.2, 0.25) is 0 Å². The number of nitrogens with zero attached hydrogens (tertiary/aromatic N) is 1. The van der Waals surface area contributed by atoms with Gasteiger partial charge in [0.15, 0.2) is 5.76 Å². The van der Waals surface area contributed by atoms with E-state index < -0.39 is 5.97 Å². The summed E-state index contributed by atoms with van der Waals surface area (Å²) in [6, 6.07) is 19.2. The van der Waals surface area contributed by atoms with Crippen LogP contribution in [0, 0.1) is 6.92 Å². The molecule has 0 aliphatic carbocycles. The quantitative estimate of drug-likeness (QED) is 0.559. The Morgan fingerprint density at radius 1 is 1.12 bits per heavy atom. The largest absolute Gasteiger partial charge is 0.454 e. The van der Waals surface area contributed by atoms with Crippen molar-refractivity contribution in [2.75, 3.05) is 0 Å². The fourth-order valence-electron chi connectivity index (χ4n) is 2.63. The third-order valence-corrected chi connectivity index (χ3v) is 4.00. The standard InChI is InChI=1S/C20H16N2O3/c1-13-6-8-14(9-7-13)19-11-16(22-25-19)12-24-20(23)18-10-15-4-2-3-5-17(15)21-18/h2-11,21H,12H2,1H3. The maximum atomic E-state index is 12.2. The first kappa shape index (κ1) is 15.2. The second kappa shape index (κ2) is 6.28. The second-order valence-electron chi connectivity index (χ2n) is 5.89. The number of hydrogen-bond donors (Lipinski definition) is 1. The molecular weight excluding hydrogens is 316 g/mol. The summed E-state index contributed by atoms with van der Waals surface area (Å²) in [5.74, 6) is 0.229. The van der Waals surface area contributed by atoms with E-state index in [0.29, 0.717) is 17.1 Å². The van der Waals surface area contributed by atoms with E-state index in [4.69, 9.17) is 9.26 Å². The average Bonchev–Trinajstić information content (AvgIpc) is 3.27. The number of carbonyl (C=O) groups excluding carboxylic acids is 1. The van der Waals surface area contributed by atoms with Crippen molar-refractivity contribution in [2.24, 2.45) is 0 Å². The van der Waals surface area contributed by atoms with Crippen molar-refractivity contribution < 1.29 is 14.1 Å². The smallest absolute Gasteiger partial charge is 0.355 e. The number of ether oxygens (including phenoxy) is 1. The van der Waals surface area contributed by atoms with Crippen LogP contribution in [0.5, 0.6) is 0 Å².